The van der Waals surface area contributed by atoms with Crippen LogP contribution in [-0.4, -0.2) is 28.6 Å². The van der Waals surface area contributed by atoms with Crippen molar-refractivity contribution in [3.8, 4) is 0 Å². The summed E-state index contributed by atoms with van der Waals surface area (Å²) in [6.07, 6.45) is 0.0746. The van der Waals surface area contributed by atoms with Gasteiger partial charge in [-0.2, -0.15) is 0 Å². The molecule has 0 aliphatic carbocycles. The molecule has 0 heterocycles. The van der Waals surface area contributed by atoms with E-state index in [4.69, 9.17) is 5.11 Å². The summed E-state index contributed by atoms with van der Waals surface area (Å²) in [6, 6.07) is 10.0. The molecule has 0 radical (unpaired) electrons. The summed E-state index contributed by atoms with van der Waals surface area (Å²) in [7, 11) is 0. The van der Waals surface area contributed by atoms with Crippen LogP contribution in [0, 0.1) is 12.7 Å². The van der Waals surface area contributed by atoms with Gasteiger partial charge in [0.15, 0.2) is 0 Å². The van der Waals surface area contributed by atoms with E-state index in [1.54, 1.807) is 13.0 Å². The molecule has 1 amide bonds. The molecule has 1 unspecified atom stereocenters. The lowest BCUT2D eigenvalue weighted by atomic mass is 9.95. The topological polar surface area (TPSA) is 86.6 Å². The number of halogens is 1. The van der Waals surface area contributed by atoms with Gasteiger partial charge in [0, 0.05) is 0 Å². The van der Waals surface area contributed by atoms with Crippen LogP contribution in [0.3, 0.4) is 0 Å². The molecule has 6 heteroatoms. The van der Waals surface area contributed by atoms with E-state index in [0.29, 0.717) is 16.7 Å². The van der Waals surface area contributed by atoms with E-state index in [9.17, 15) is 19.1 Å². The quantitative estimate of drug-likeness (QED) is 0.750. The average Bonchev–Trinajstić information content (AvgIpc) is 2.55. The van der Waals surface area contributed by atoms with Crippen LogP contribution in [-0.2, 0) is 16.8 Å². The van der Waals surface area contributed by atoms with E-state index in [-0.39, 0.29) is 24.4 Å². The SMILES string of the molecule is Cc1cc(C(=O)O)ccc1CC(=O)NCC(C)(O)c1ccc(F)cc1. The highest BCUT2D eigenvalue weighted by atomic mass is 19.1. The Kier molecular flexibility index (Phi) is 5.54. The minimum Gasteiger partial charge on any atom is -0.478 e. The summed E-state index contributed by atoms with van der Waals surface area (Å²) in [5, 5.41) is 22.0. The number of nitrogens with one attached hydrogen (secondary N) is 1. The largest absolute Gasteiger partial charge is 0.478 e. The van der Waals surface area contributed by atoms with Crippen molar-refractivity contribution >= 4 is 11.9 Å². The minimum atomic E-state index is -1.33. The van der Waals surface area contributed by atoms with Crippen molar-refractivity contribution in [3.63, 3.8) is 0 Å². The number of hydrogen-bond acceptors (Lipinski definition) is 3. The highest BCUT2D eigenvalue weighted by molar-refractivity contribution is 5.88. The Morgan fingerprint density at radius 3 is 2.36 bits per heavy atom. The fraction of sp³-hybridized carbons (Fsp3) is 0.263. The molecule has 0 aliphatic rings. The molecule has 0 bridgehead atoms. The van der Waals surface area contributed by atoms with E-state index in [1.807, 2.05) is 0 Å². The van der Waals surface area contributed by atoms with Crippen LogP contribution in [0.2, 0.25) is 0 Å². The fourth-order valence-electron chi connectivity index (χ4n) is 2.44. The Labute approximate surface area is 145 Å². The van der Waals surface area contributed by atoms with Crippen molar-refractivity contribution in [1.82, 2.24) is 5.32 Å². The highest BCUT2D eigenvalue weighted by Crippen LogP contribution is 2.20. The Balaban J connectivity index is 1.98. The lowest BCUT2D eigenvalue weighted by Crippen LogP contribution is -2.39. The normalized spacial score (nSPS) is 13.1. The number of carboxylic acid groups (broad SMARTS) is 1. The number of carbonyl (C=O) groups excluding carboxylic acids is 1. The van der Waals surface area contributed by atoms with Crippen molar-refractivity contribution < 1.29 is 24.2 Å². The molecule has 0 aromatic heterocycles. The standard InChI is InChI=1S/C19H20FNO4/c1-12-9-14(18(23)24)4-3-13(12)10-17(22)21-11-19(2,25)15-5-7-16(20)8-6-15/h3-9,25H,10-11H2,1-2H3,(H,21,22)(H,23,24). The van der Waals surface area contributed by atoms with Crippen molar-refractivity contribution in [3.05, 3.63) is 70.5 Å². The van der Waals surface area contributed by atoms with E-state index in [2.05, 4.69) is 5.32 Å². The molecule has 0 saturated heterocycles. The van der Waals surface area contributed by atoms with Gasteiger partial charge in [-0.1, -0.05) is 18.2 Å². The number of amides is 1. The first-order chi connectivity index (χ1) is 11.7. The first-order valence-corrected chi connectivity index (χ1v) is 7.77. The zero-order valence-corrected chi connectivity index (χ0v) is 14.0. The minimum absolute atomic E-state index is 0.0241. The van der Waals surface area contributed by atoms with Crippen LogP contribution in [0.15, 0.2) is 42.5 Å². The first kappa shape index (κ1) is 18.6. The van der Waals surface area contributed by atoms with Gasteiger partial charge in [0.05, 0.1) is 18.5 Å². The van der Waals surface area contributed by atoms with Gasteiger partial charge in [-0.25, -0.2) is 9.18 Å². The summed E-state index contributed by atoms with van der Waals surface area (Å²) in [4.78, 5) is 23.0. The average molecular weight is 345 g/mol. The number of benzene rings is 2. The molecule has 3 N–H and O–H groups in total. The molecule has 2 aromatic carbocycles. The number of rotatable bonds is 6. The van der Waals surface area contributed by atoms with Crippen LogP contribution in [0.4, 0.5) is 4.39 Å². The lowest BCUT2D eigenvalue weighted by molar-refractivity contribution is -0.121. The summed E-state index contributed by atoms with van der Waals surface area (Å²) in [5.41, 5.74) is 0.757. The summed E-state index contributed by atoms with van der Waals surface area (Å²) in [6.45, 7) is 3.25. The van der Waals surface area contributed by atoms with Gasteiger partial charge in [0.1, 0.15) is 11.4 Å². The summed E-state index contributed by atoms with van der Waals surface area (Å²) >= 11 is 0. The van der Waals surface area contributed by atoms with Crippen molar-refractivity contribution in [2.24, 2.45) is 0 Å². The maximum absolute atomic E-state index is 13.0. The molecule has 0 saturated carbocycles. The number of aryl methyl sites for hydroxylation is 1. The van der Waals surface area contributed by atoms with Crippen LogP contribution >= 0.6 is 0 Å². The summed E-state index contributed by atoms with van der Waals surface area (Å²) < 4.78 is 13.0. The number of hydrogen-bond donors (Lipinski definition) is 3. The molecular weight excluding hydrogens is 325 g/mol. The second kappa shape index (κ2) is 7.44. The van der Waals surface area contributed by atoms with Gasteiger partial charge in [-0.05, 0) is 54.8 Å². The molecule has 0 aliphatic heterocycles. The van der Waals surface area contributed by atoms with E-state index < -0.39 is 17.4 Å². The van der Waals surface area contributed by atoms with Gasteiger partial charge in [-0.3, -0.25) is 4.79 Å². The Hall–Kier alpha value is -2.73. The predicted molar refractivity (Wildman–Crippen MR) is 90.8 cm³/mol. The van der Waals surface area contributed by atoms with Gasteiger partial charge in [-0.15, -0.1) is 0 Å². The van der Waals surface area contributed by atoms with Gasteiger partial charge in [0.2, 0.25) is 5.91 Å². The Bertz CT molecular complexity index is 785. The van der Waals surface area contributed by atoms with Gasteiger partial charge in [0.25, 0.3) is 0 Å². The van der Waals surface area contributed by atoms with Gasteiger partial charge < -0.3 is 15.5 Å². The molecule has 0 spiro atoms. The first-order valence-electron chi connectivity index (χ1n) is 7.77. The number of carbonyl (C=O) groups is 2. The van der Waals surface area contributed by atoms with Crippen molar-refractivity contribution in [2.45, 2.75) is 25.9 Å². The zero-order valence-electron chi connectivity index (χ0n) is 14.0. The molecular formula is C19H20FNO4. The van der Waals surface area contributed by atoms with Crippen LogP contribution in [0.5, 0.6) is 0 Å². The predicted octanol–water partition coefficient (Wildman–Crippen LogP) is 2.40. The maximum atomic E-state index is 13.0. The van der Waals surface area contributed by atoms with E-state index in [0.717, 1.165) is 0 Å². The smallest absolute Gasteiger partial charge is 0.335 e. The van der Waals surface area contributed by atoms with Crippen LogP contribution < -0.4 is 5.32 Å². The molecule has 132 valence electrons. The molecule has 2 rings (SSSR count). The molecule has 5 nitrogen and oxygen atoms in total. The third-order valence-corrected chi connectivity index (χ3v) is 4.04. The van der Waals surface area contributed by atoms with Crippen LogP contribution in [0.25, 0.3) is 0 Å². The number of aliphatic hydroxyl groups is 1. The zero-order chi connectivity index (χ0) is 18.6. The fourth-order valence-corrected chi connectivity index (χ4v) is 2.44. The molecule has 2 aromatic rings. The highest BCUT2D eigenvalue weighted by Gasteiger charge is 2.24. The number of carboxylic acids is 1. The molecule has 0 fully saturated rings. The third kappa shape index (κ3) is 4.87. The van der Waals surface area contributed by atoms with E-state index in [1.165, 1.54) is 43.3 Å². The molecule has 25 heavy (non-hydrogen) atoms. The Morgan fingerprint density at radius 1 is 1.16 bits per heavy atom. The van der Waals surface area contributed by atoms with E-state index >= 15 is 0 Å². The van der Waals surface area contributed by atoms with Crippen molar-refractivity contribution in [1.29, 1.82) is 0 Å². The molecule has 1 atom stereocenters. The monoisotopic (exact) mass is 345 g/mol. The summed E-state index contributed by atoms with van der Waals surface area (Å²) in [5.74, 6) is -1.72. The third-order valence-electron chi connectivity index (χ3n) is 4.04. The number of aromatic carboxylic acids is 1. The maximum Gasteiger partial charge on any atom is 0.335 e. The second-order valence-corrected chi connectivity index (χ2v) is 6.18. The second-order valence-electron chi connectivity index (χ2n) is 6.18. The van der Waals surface area contributed by atoms with Gasteiger partial charge >= 0.3 is 5.97 Å². The van der Waals surface area contributed by atoms with Crippen molar-refractivity contribution in [2.75, 3.05) is 6.54 Å². The lowest BCUT2D eigenvalue weighted by Gasteiger charge is -2.24. The Morgan fingerprint density at radius 2 is 1.80 bits per heavy atom. The van der Waals surface area contributed by atoms with Crippen LogP contribution in [0.1, 0.15) is 34.0 Å².